The summed E-state index contributed by atoms with van der Waals surface area (Å²) in [6.07, 6.45) is 0.673. The lowest BCUT2D eigenvalue weighted by Gasteiger charge is -2.17. The molecule has 0 saturated heterocycles. The Kier molecular flexibility index (Phi) is 3.90. The lowest BCUT2D eigenvalue weighted by atomic mass is 9.99. The second-order valence-corrected chi connectivity index (χ2v) is 3.61. The van der Waals surface area contributed by atoms with Crippen molar-refractivity contribution in [2.45, 2.75) is 13.0 Å². The topological polar surface area (TPSA) is 55.2 Å². The van der Waals surface area contributed by atoms with Gasteiger partial charge in [0.05, 0.1) is 4.92 Å². The van der Waals surface area contributed by atoms with E-state index >= 15 is 0 Å². The van der Waals surface area contributed by atoms with E-state index in [0.717, 1.165) is 17.7 Å². The van der Waals surface area contributed by atoms with Gasteiger partial charge in [-0.2, -0.15) is 0 Å². The van der Waals surface area contributed by atoms with Crippen LogP contribution in [0.25, 0.3) is 0 Å². The first-order valence-electron chi connectivity index (χ1n) is 4.35. The number of hydrogen-bond acceptors (Lipinski definition) is 3. The molecule has 82 valence electrons. The van der Waals surface area contributed by atoms with Crippen molar-refractivity contribution < 1.29 is 4.92 Å². The zero-order valence-corrected chi connectivity index (χ0v) is 9.40. The highest BCUT2D eigenvalue weighted by Gasteiger charge is 2.21. The van der Waals surface area contributed by atoms with Crippen molar-refractivity contribution in [3.63, 3.8) is 0 Å². The van der Waals surface area contributed by atoms with Crippen LogP contribution in [0.2, 0.25) is 5.02 Å². The van der Waals surface area contributed by atoms with E-state index in [1.54, 1.807) is 6.07 Å². The number of fused-ring (bicyclic) bond motifs is 1. The first-order valence-corrected chi connectivity index (χ1v) is 4.73. The number of benzene rings is 1. The van der Waals surface area contributed by atoms with E-state index < -0.39 is 0 Å². The monoisotopic (exact) mass is 248 g/mol. The van der Waals surface area contributed by atoms with Gasteiger partial charge in [-0.1, -0.05) is 11.6 Å². The van der Waals surface area contributed by atoms with Crippen LogP contribution in [0.4, 0.5) is 5.69 Å². The number of rotatable bonds is 1. The van der Waals surface area contributed by atoms with Crippen LogP contribution in [-0.2, 0) is 13.0 Å². The fourth-order valence-electron chi connectivity index (χ4n) is 1.72. The summed E-state index contributed by atoms with van der Waals surface area (Å²) in [7, 11) is 0. The molecule has 6 heteroatoms. The normalized spacial score (nSPS) is 13.9. The lowest BCUT2D eigenvalue weighted by molar-refractivity contribution is -0.385. The van der Waals surface area contributed by atoms with E-state index in [0.29, 0.717) is 18.0 Å². The summed E-state index contributed by atoms with van der Waals surface area (Å²) in [6.45, 7) is 1.39. The highest BCUT2D eigenvalue weighted by molar-refractivity contribution is 6.31. The quantitative estimate of drug-likeness (QED) is 0.613. The van der Waals surface area contributed by atoms with Gasteiger partial charge in [-0.3, -0.25) is 10.1 Å². The van der Waals surface area contributed by atoms with E-state index in [1.165, 1.54) is 6.07 Å². The molecule has 0 atom stereocenters. The third kappa shape index (κ3) is 2.22. The van der Waals surface area contributed by atoms with E-state index in [-0.39, 0.29) is 23.0 Å². The van der Waals surface area contributed by atoms with Crippen molar-refractivity contribution in [1.29, 1.82) is 0 Å². The van der Waals surface area contributed by atoms with Crippen molar-refractivity contribution in [2.24, 2.45) is 0 Å². The molecular formula is C9H10Cl2N2O2. The maximum atomic E-state index is 10.7. The van der Waals surface area contributed by atoms with Crippen LogP contribution < -0.4 is 5.32 Å². The van der Waals surface area contributed by atoms with Crippen molar-refractivity contribution >= 4 is 29.7 Å². The Morgan fingerprint density at radius 3 is 2.80 bits per heavy atom. The number of hydrogen-bond donors (Lipinski definition) is 1. The highest BCUT2D eigenvalue weighted by Crippen LogP contribution is 2.30. The molecule has 1 N–H and O–H groups in total. The van der Waals surface area contributed by atoms with Crippen molar-refractivity contribution in [1.82, 2.24) is 5.32 Å². The van der Waals surface area contributed by atoms with Gasteiger partial charge in [-0.05, 0) is 24.6 Å². The molecule has 1 aliphatic rings. The molecule has 1 aromatic carbocycles. The molecule has 1 aliphatic heterocycles. The fraction of sp³-hybridized carbons (Fsp3) is 0.333. The molecule has 0 spiro atoms. The number of nitro groups is 1. The number of nitro benzene ring substituents is 1. The Balaban J connectivity index is 0.00000112. The Bertz CT molecular complexity index is 396. The molecule has 0 fully saturated rings. The fourth-order valence-corrected chi connectivity index (χ4v) is 1.96. The highest BCUT2D eigenvalue weighted by atomic mass is 35.5. The molecule has 4 nitrogen and oxygen atoms in total. The minimum Gasteiger partial charge on any atom is -0.312 e. The molecule has 1 aromatic rings. The zero-order valence-electron chi connectivity index (χ0n) is 7.83. The van der Waals surface area contributed by atoms with Crippen LogP contribution in [0, 0.1) is 10.1 Å². The first kappa shape index (κ1) is 12.2. The van der Waals surface area contributed by atoms with Crippen LogP contribution in [0.15, 0.2) is 12.1 Å². The van der Waals surface area contributed by atoms with Crippen LogP contribution in [0.5, 0.6) is 0 Å². The molecule has 1 heterocycles. The van der Waals surface area contributed by atoms with Gasteiger partial charge in [-0.25, -0.2) is 0 Å². The number of nitrogens with zero attached hydrogens (tertiary/aromatic N) is 1. The van der Waals surface area contributed by atoms with Gasteiger partial charge in [0.2, 0.25) is 0 Å². The van der Waals surface area contributed by atoms with E-state index in [1.807, 2.05) is 0 Å². The second kappa shape index (κ2) is 4.79. The van der Waals surface area contributed by atoms with Crippen LogP contribution in [0.3, 0.4) is 0 Å². The predicted octanol–water partition coefficient (Wildman–Crippen LogP) is 2.32. The molecule has 0 unspecified atom stereocenters. The third-order valence-electron chi connectivity index (χ3n) is 2.40. The summed E-state index contributed by atoms with van der Waals surface area (Å²) in [5, 5.41) is 14.5. The molecule has 0 saturated carbocycles. The van der Waals surface area contributed by atoms with Gasteiger partial charge in [0.15, 0.2) is 0 Å². The number of nitrogens with one attached hydrogen (secondary N) is 1. The Morgan fingerprint density at radius 1 is 1.40 bits per heavy atom. The van der Waals surface area contributed by atoms with E-state index in [2.05, 4.69) is 5.32 Å². The first-order chi connectivity index (χ1) is 6.70. The average molecular weight is 249 g/mol. The minimum absolute atomic E-state index is 0. The van der Waals surface area contributed by atoms with Gasteiger partial charge in [0.1, 0.15) is 0 Å². The Morgan fingerprint density at radius 2 is 2.13 bits per heavy atom. The summed E-state index contributed by atoms with van der Waals surface area (Å²) >= 11 is 5.96. The maximum absolute atomic E-state index is 10.7. The van der Waals surface area contributed by atoms with E-state index in [4.69, 9.17) is 11.6 Å². The largest absolute Gasteiger partial charge is 0.312 e. The van der Waals surface area contributed by atoms with Crippen LogP contribution in [-0.4, -0.2) is 11.5 Å². The Labute approximate surface area is 98.2 Å². The SMILES string of the molecule is Cl.O=[N+]([O-])c1ccc(Cl)c2c1CCNC2. The molecule has 15 heavy (non-hydrogen) atoms. The lowest BCUT2D eigenvalue weighted by Crippen LogP contribution is -2.24. The third-order valence-corrected chi connectivity index (χ3v) is 2.75. The molecule has 0 radical (unpaired) electrons. The second-order valence-electron chi connectivity index (χ2n) is 3.21. The summed E-state index contributed by atoms with van der Waals surface area (Å²) in [6, 6.07) is 3.07. The maximum Gasteiger partial charge on any atom is 0.273 e. The van der Waals surface area contributed by atoms with Gasteiger partial charge in [-0.15, -0.1) is 12.4 Å². The van der Waals surface area contributed by atoms with Crippen molar-refractivity contribution in [3.05, 3.63) is 38.4 Å². The average Bonchev–Trinajstić information content (AvgIpc) is 2.18. The standard InChI is InChI=1S/C9H9ClN2O2.ClH/c10-8-1-2-9(12(13)14)6-3-4-11-5-7(6)8;/h1-2,11H,3-5H2;1H. The van der Waals surface area contributed by atoms with Crippen molar-refractivity contribution in [3.8, 4) is 0 Å². The van der Waals surface area contributed by atoms with Gasteiger partial charge >= 0.3 is 0 Å². The zero-order chi connectivity index (χ0) is 10.1. The smallest absolute Gasteiger partial charge is 0.273 e. The van der Waals surface area contributed by atoms with Crippen LogP contribution in [0.1, 0.15) is 11.1 Å². The van der Waals surface area contributed by atoms with Gasteiger partial charge in [0.25, 0.3) is 5.69 Å². The van der Waals surface area contributed by atoms with Gasteiger partial charge in [0, 0.05) is 23.2 Å². The molecule has 0 amide bonds. The molecular weight excluding hydrogens is 239 g/mol. The minimum atomic E-state index is -0.347. The van der Waals surface area contributed by atoms with Crippen LogP contribution >= 0.6 is 24.0 Å². The summed E-state index contributed by atoms with van der Waals surface area (Å²) in [5.74, 6) is 0. The molecule has 2 rings (SSSR count). The summed E-state index contributed by atoms with van der Waals surface area (Å²) in [5.41, 5.74) is 1.83. The van der Waals surface area contributed by atoms with Gasteiger partial charge < -0.3 is 5.32 Å². The van der Waals surface area contributed by atoms with Crippen molar-refractivity contribution in [2.75, 3.05) is 6.54 Å². The predicted molar refractivity (Wildman–Crippen MR) is 60.8 cm³/mol. The number of halogens is 2. The Hall–Kier alpha value is -0.840. The van der Waals surface area contributed by atoms with E-state index in [9.17, 15) is 10.1 Å². The molecule has 0 aliphatic carbocycles. The summed E-state index contributed by atoms with van der Waals surface area (Å²) in [4.78, 5) is 10.4. The summed E-state index contributed by atoms with van der Waals surface area (Å²) < 4.78 is 0. The molecule has 0 aromatic heterocycles. The molecule has 0 bridgehead atoms.